The Morgan fingerprint density at radius 3 is 2.50 bits per heavy atom. The molecule has 0 radical (unpaired) electrons. The molecule has 0 aromatic heterocycles. The molecule has 1 aliphatic rings. The maximum Gasteiger partial charge on any atom is 0.321 e. The molecule has 2 aromatic rings. The molecule has 26 heavy (non-hydrogen) atoms. The number of nitrogens with zero attached hydrogens (tertiary/aromatic N) is 1. The monoisotopic (exact) mass is 355 g/mol. The summed E-state index contributed by atoms with van der Waals surface area (Å²) in [5.41, 5.74) is 2.13. The van der Waals surface area contributed by atoms with E-state index in [0.29, 0.717) is 37.2 Å². The Bertz CT molecular complexity index is 801. The van der Waals surface area contributed by atoms with Gasteiger partial charge in [0.1, 0.15) is 5.82 Å². The SMILES string of the molecule is Cc1cccc(C(=O)NC2CCN(C(=O)Nc3cccc(F)c3)CC2)c1. The van der Waals surface area contributed by atoms with Crippen LogP contribution in [0.1, 0.15) is 28.8 Å². The molecule has 1 heterocycles. The number of hydrogen-bond acceptors (Lipinski definition) is 2. The second-order valence-electron chi connectivity index (χ2n) is 6.54. The molecule has 136 valence electrons. The lowest BCUT2D eigenvalue weighted by molar-refractivity contribution is 0.0919. The van der Waals surface area contributed by atoms with Gasteiger partial charge in [0.15, 0.2) is 0 Å². The van der Waals surface area contributed by atoms with Crippen molar-refractivity contribution in [2.75, 3.05) is 18.4 Å². The van der Waals surface area contributed by atoms with Crippen LogP contribution in [0, 0.1) is 12.7 Å². The number of anilines is 1. The van der Waals surface area contributed by atoms with Crippen LogP contribution in [0.2, 0.25) is 0 Å². The zero-order valence-electron chi connectivity index (χ0n) is 14.7. The van der Waals surface area contributed by atoms with Gasteiger partial charge in [-0.2, -0.15) is 0 Å². The van der Waals surface area contributed by atoms with Crippen LogP contribution in [-0.4, -0.2) is 36.0 Å². The van der Waals surface area contributed by atoms with Crippen molar-refractivity contribution in [1.82, 2.24) is 10.2 Å². The number of aryl methyl sites for hydroxylation is 1. The maximum atomic E-state index is 13.2. The highest BCUT2D eigenvalue weighted by molar-refractivity contribution is 5.94. The van der Waals surface area contributed by atoms with Crippen molar-refractivity contribution in [3.8, 4) is 0 Å². The Hall–Kier alpha value is -2.89. The number of nitrogens with one attached hydrogen (secondary N) is 2. The third kappa shape index (κ3) is 4.59. The fourth-order valence-electron chi connectivity index (χ4n) is 3.05. The van der Waals surface area contributed by atoms with Gasteiger partial charge in [-0.25, -0.2) is 9.18 Å². The number of carbonyl (C=O) groups is 2. The Kier molecular flexibility index (Phi) is 5.51. The summed E-state index contributed by atoms with van der Waals surface area (Å²) < 4.78 is 13.2. The molecule has 0 unspecified atom stereocenters. The smallest absolute Gasteiger partial charge is 0.321 e. The van der Waals surface area contributed by atoms with Gasteiger partial charge >= 0.3 is 6.03 Å². The summed E-state index contributed by atoms with van der Waals surface area (Å²) in [5.74, 6) is -0.475. The standard InChI is InChI=1S/C20H22FN3O2/c1-14-4-2-5-15(12-14)19(25)22-17-8-10-24(11-9-17)20(26)23-18-7-3-6-16(21)13-18/h2-7,12-13,17H,8-11H2,1H3,(H,22,25)(H,23,26). The van der Waals surface area contributed by atoms with Crippen molar-refractivity contribution < 1.29 is 14.0 Å². The number of carbonyl (C=O) groups excluding carboxylic acids is 2. The minimum absolute atomic E-state index is 0.0428. The molecular formula is C20H22FN3O2. The summed E-state index contributed by atoms with van der Waals surface area (Å²) in [7, 11) is 0. The summed E-state index contributed by atoms with van der Waals surface area (Å²) in [6.45, 7) is 3.03. The normalized spacial score (nSPS) is 14.8. The van der Waals surface area contributed by atoms with Crippen molar-refractivity contribution in [3.63, 3.8) is 0 Å². The maximum absolute atomic E-state index is 13.2. The number of urea groups is 1. The fourth-order valence-corrected chi connectivity index (χ4v) is 3.05. The van der Waals surface area contributed by atoms with Crippen molar-refractivity contribution in [2.45, 2.75) is 25.8 Å². The average Bonchev–Trinajstić information content (AvgIpc) is 2.62. The molecule has 0 bridgehead atoms. The first-order valence-corrected chi connectivity index (χ1v) is 8.70. The van der Waals surface area contributed by atoms with E-state index in [4.69, 9.17) is 0 Å². The summed E-state index contributed by atoms with van der Waals surface area (Å²) >= 11 is 0. The first-order valence-electron chi connectivity index (χ1n) is 8.70. The van der Waals surface area contributed by atoms with Gasteiger partial charge in [0, 0.05) is 30.4 Å². The number of benzene rings is 2. The van der Waals surface area contributed by atoms with Crippen molar-refractivity contribution in [2.24, 2.45) is 0 Å². The molecule has 1 saturated heterocycles. The molecule has 0 spiro atoms. The van der Waals surface area contributed by atoms with Crippen molar-refractivity contribution in [1.29, 1.82) is 0 Å². The summed E-state index contributed by atoms with van der Waals surface area (Å²) in [5, 5.41) is 5.73. The number of hydrogen-bond donors (Lipinski definition) is 2. The van der Waals surface area contributed by atoms with Gasteiger partial charge in [0.05, 0.1) is 0 Å². The number of amides is 3. The van der Waals surface area contributed by atoms with E-state index in [9.17, 15) is 14.0 Å². The predicted molar refractivity (Wildman–Crippen MR) is 98.7 cm³/mol. The fraction of sp³-hybridized carbons (Fsp3) is 0.300. The largest absolute Gasteiger partial charge is 0.349 e. The first-order chi connectivity index (χ1) is 12.5. The van der Waals surface area contributed by atoms with Gasteiger partial charge < -0.3 is 15.5 Å². The van der Waals surface area contributed by atoms with E-state index in [1.165, 1.54) is 12.1 Å². The molecule has 1 fully saturated rings. The highest BCUT2D eigenvalue weighted by Gasteiger charge is 2.24. The van der Waals surface area contributed by atoms with Crippen LogP contribution in [0.5, 0.6) is 0 Å². The number of likely N-dealkylation sites (tertiary alicyclic amines) is 1. The highest BCUT2D eigenvalue weighted by Crippen LogP contribution is 2.15. The lowest BCUT2D eigenvalue weighted by atomic mass is 10.0. The number of piperidine rings is 1. The van der Waals surface area contributed by atoms with Crippen LogP contribution >= 0.6 is 0 Å². The zero-order valence-corrected chi connectivity index (χ0v) is 14.7. The molecule has 6 heteroatoms. The van der Waals surface area contributed by atoms with E-state index in [0.717, 1.165) is 5.56 Å². The topological polar surface area (TPSA) is 61.4 Å². The highest BCUT2D eigenvalue weighted by atomic mass is 19.1. The van der Waals surface area contributed by atoms with Crippen molar-refractivity contribution >= 4 is 17.6 Å². The third-order valence-corrected chi connectivity index (χ3v) is 4.47. The van der Waals surface area contributed by atoms with E-state index in [-0.39, 0.29) is 23.8 Å². The van der Waals surface area contributed by atoms with Crippen LogP contribution in [0.25, 0.3) is 0 Å². The first kappa shape index (κ1) is 17.9. The Balaban J connectivity index is 1.49. The van der Waals surface area contributed by atoms with Gasteiger partial charge in [0.25, 0.3) is 5.91 Å². The second-order valence-corrected chi connectivity index (χ2v) is 6.54. The average molecular weight is 355 g/mol. The second kappa shape index (κ2) is 7.99. The van der Waals surface area contributed by atoms with Crippen LogP contribution in [-0.2, 0) is 0 Å². The third-order valence-electron chi connectivity index (χ3n) is 4.47. The predicted octanol–water partition coefficient (Wildman–Crippen LogP) is 3.56. The Labute approximate surface area is 152 Å². The van der Waals surface area contributed by atoms with Crippen LogP contribution in [0.4, 0.5) is 14.9 Å². The summed E-state index contributed by atoms with van der Waals surface area (Å²) in [6, 6.07) is 13.1. The molecule has 1 aliphatic heterocycles. The molecule has 3 amide bonds. The molecule has 0 saturated carbocycles. The van der Waals surface area contributed by atoms with E-state index in [2.05, 4.69) is 10.6 Å². The minimum Gasteiger partial charge on any atom is -0.349 e. The van der Waals surface area contributed by atoms with Crippen LogP contribution in [0.3, 0.4) is 0 Å². The summed E-state index contributed by atoms with van der Waals surface area (Å²) in [6.07, 6.45) is 1.38. The lowest BCUT2D eigenvalue weighted by Gasteiger charge is -2.32. The lowest BCUT2D eigenvalue weighted by Crippen LogP contribution is -2.47. The van der Waals surface area contributed by atoms with Gasteiger partial charge in [-0.3, -0.25) is 4.79 Å². The van der Waals surface area contributed by atoms with E-state index in [1.54, 1.807) is 23.1 Å². The molecule has 2 N–H and O–H groups in total. The molecule has 5 nitrogen and oxygen atoms in total. The Morgan fingerprint density at radius 2 is 1.81 bits per heavy atom. The molecular weight excluding hydrogens is 333 g/mol. The van der Waals surface area contributed by atoms with Crippen LogP contribution in [0.15, 0.2) is 48.5 Å². The molecule has 0 atom stereocenters. The van der Waals surface area contributed by atoms with Gasteiger partial charge in [-0.1, -0.05) is 23.8 Å². The van der Waals surface area contributed by atoms with Gasteiger partial charge in [-0.15, -0.1) is 0 Å². The summed E-state index contributed by atoms with van der Waals surface area (Å²) in [4.78, 5) is 26.3. The van der Waals surface area contributed by atoms with Crippen molar-refractivity contribution in [3.05, 3.63) is 65.5 Å². The molecule has 3 rings (SSSR count). The van der Waals surface area contributed by atoms with E-state index < -0.39 is 0 Å². The number of halogens is 1. The van der Waals surface area contributed by atoms with E-state index >= 15 is 0 Å². The molecule has 2 aromatic carbocycles. The van der Waals surface area contributed by atoms with Crippen LogP contribution < -0.4 is 10.6 Å². The zero-order chi connectivity index (χ0) is 18.5. The van der Waals surface area contributed by atoms with Gasteiger partial charge in [-0.05, 0) is 50.1 Å². The van der Waals surface area contributed by atoms with E-state index in [1.807, 2.05) is 25.1 Å². The Morgan fingerprint density at radius 1 is 1.08 bits per heavy atom. The molecule has 0 aliphatic carbocycles. The van der Waals surface area contributed by atoms with Gasteiger partial charge in [0.2, 0.25) is 0 Å². The quantitative estimate of drug-likeness (QED) is 0.884. The number of rotatable bonds is 3. The minimum atomic E-state index is -0.389.